The lowest BCUT2D eigenvalue weighted by molar-refractivity contribution is -0.145. The second-order valence-corrected chi connectivity index (χ2v) is 6.29. The topological polar surface area (TPSA) is 90.9 Å². The van der Waals surface area contributed by atoms with Crippen LogP contribution in [0.15, 0.2) is 48.5 Å². The fourth-order valence-electron chi connectivity index (χ4n) is 2.59. The van der Waals surface area contributed by atoms with E-state index in [0.717, 1.165) is 12.1 Å². The molecular weight excluding hydrogens is 407 g/mol. The summed E-state index contributed by atoms with van der Waals surface area (Å²) in [6.07, 6.45) is -5.14. The van der Waals surface area contributed by atoms with Crippen molar-refractivity contribution in [2.75, 3.05) is 18.5 Å². The zero-order valence-electron chi connectivity index (χ0n) is 15.4. The van der Waals surface area contributed by atoms with E-state index < -0.39 is 42.3 Å². The largest absolute Gasteiger partial charge is 0.484 e. The normalized spacial score (nSPS) is 16.0. The van der Waals surface area contributed by atoms with E-state index in [1.807, 2.05) is 0 Å². The van der Waals surface area contributed by atoms with Crippen molar-refractivity contribution in [3.05, 3.63) is 59.7 Å². The van der Waals surface area contributed by atoms with E-state index in [0.29, 0.717) is 6.42 Å². The number of alkyl halides is 3. The van der Waals surface area contributed by atoms with Crippen LogP contribution >= 0.6 is 0 Å². The molecule has 30 heavy (non-hydrogen) atoms. The van der Waals surface area contributed by atoms with Gasteiger partial charge >= 0.3 is 18.1 Å². The van der Waals surface area contributed by atoms with Crippen molar-refractivity contribution in [1.29, 1.82) is 0 Å². The fourth-order valence-corrected chi connectivity index (χ4v) is 2.59. The average Bonchev–Trinajstić information content (AvgIpc) is 3.11. The van der Waals surface area contributed by atoms with Gasteiger partial charge in [-0.05, 0) is 42.5 Å². The maximum atomic E-state index is 12.7. The summed E-state index contributed by atoms with van der Waals surface area (Å²) in [7, 11) is 0. The highest BCUT2D eigenvalue weighted by molar-refractivity contribution is 5.92. The second-order valence-electron chi connectivity index (χ2n) is 6.29. The smallest absolute Gasteiger partial charge is 0.416 e. The number of hydrogen-bond donors (Lipinski definition) is 1. The third-order valence-electron chi connectivity index (χ3n) is 4.07. The molecule has 0 aliphatic carbocycles. The molecule has 1 unspecified atom stereocenters. The second kappa shape index (κ2) is 8.85. The van der Waals surface area contributed by atoms with E-state index in [2.05, 4.69) is 5.32 Å². The van der Waals surface area contributed by atoms with Crippen molar-refractivity contribution in [3.8, 4) is 5.75 Å². The molecule has 1 saturated heterocycles. The minimum atomic E-state index is -4.52. The van der Waals surface area contributed by atoms with E-state index in [1.165, 1.54) is 36.4 Å². The Bertz CT molecular complexity index is 942. The van der Waals surface area contributed by atoms with Gasteiger partial charge in [0.25, 0.3) is 5.91 Å². The van der Waals surface area contributed by atoms with Gasteiger partial charge in [-0.25, -0.2) is 9.59 Å². The molecule has 1 atom stereocenters. The SMILES string of the molecule is O=C(COc1ccc(C(=O)OC2CCOC2=O)cc1)Nc1cccc(C(F)(F)F)c1. The molecule has 0 bridgehead atoms. The summed E-state index contributed by atoms with van der Waals surface area (Å²) >= 11 is 0. The van der Waals surface area contributed by atoms with Crippen LogP contribution in [0.2, 0.25) is 0 Å². The lowest BCUT2D eigenvalue weighted by atomic mass is 10.2. The summed E-state index contributed by atoms with van der Waals surface area (Å²) in [5.74, 6) is -1.69. The van der Waals surface area contributed by atoms with Crippen LogP contribution in [0.3, 0.4) is 0 Å². The highest BCUT2D eigenvalue weighted by atomic mass is 19.4. The predicted octanol–water partition coefficient (Wildman–Crippen LogP) is 3.20. The van der Waals surface area contributed by atoms with Crippen molar-refractivity contribution < 1.29 is 41.8 Å². The van der Waals surface area contributed by atoms with E-state index in [9.17, 15) is 27.6 Å². The summed E-state index contributed by atoms with van der Waals surface area (Å²) < 4.78 is 53.1. The molecule has 1 aliphatic heterocycles. The van der Waals surface area contributed by atoms with Crippen LogP contribution in [0, 0.1) is 0 Å². The molecule has 1 heterocycles. The van der Waals surface area contributed by atoms with Crippen LogP contribution in [0.1, 0.15) is 22.3 Å². The number of amides is 1. The number of carbonyl (C=O) groups is 3. The number of esters is 2. The molecule has 0 spiro atoms. The van der Waals surface area contributed by atoms with Crippen LogP contribution in [0.4, 0.5) is 18.9 Å². The first kappa shape index (κ1) is 21.2. The summed E-state index contributed by atoms with van der Waals surface area (Å²) in [6.45, 7) is -0.250. The Morgan fingerprint density at radius 1 is 1.13 bits per heavy atom. The van der Waals surface area contributed by atoms with E-state index in [-0.39, 0.29) is 23.6 Å². The lowest BCUT2D eigenvalue weighted by Crippen LogP contribution is -2.22. The van der Waals surface area contributed by atoms with E-state index in [1.54, 1.807) is 0 Å². The van der Waals surface area contributed by atoms with Gasteiger partial charge < -0.3 is 19.5 Å². The molecule has 10 heteroatoms. The van der Waals surface area contributed by atoms with Crippen molar-refractivity contribution in [3.63, 3.8) is 0 Å². The number of ether oxygens (including phenoxy) is 3. The highest BCUT2D eigenvalue weighted by Crippen LogP contribution is 2.30. The van der Waals surface area contributed by atoms with E-state index >= 15 is 0 Å². The first-order valence-corrected chi connectivity index (χ1v) is 8.80. The Morgan fingerprint density at radius 3 is 2.50 bits per heavy atom. The van der Waals surface area contributed by atoms with Gasteiger partial charge in [0.15, 0.2) is 6.61 Å². The Morgan fingerprint density at radius 2 is 1.87 bits per heavy atom. The van der Waals surface area contributed by atoms with Crippen molar-refractivity contribution in [1.82, 2.24) is 0 Å². The van der Waals surface area contributed by atoms with Gasteiger partial charge in [0, 0.05) is 12.1 Å². The fraction of sp³-hybridized carbons (Fsp3) is 0.250. The molecule has 158 valence electrons. The summed E-state index contributed by atoms with van der Waals surface area (Å²) in [5, 5.41) is 2.32. The molecule has 3 rings (SSSR count). The zero-order valence-corrected chi connectivity index (χ0v) is 15.4. The average molecular weight is 423 g/mol. The predicted molar refractivity (Wildman–Crippen MR) is 96.8 cm³/mol. The van der Waals surface area contributed by atoms with Crippen LogP contribution in [-0.2, 0) is 25.2 Å². The standard InChI is InChI=1S/C20H16F3NO6/c21-20(22,23)13-2-1-3-14(10-13)24-17(25)11-29-15-6-4-12(5-7-15)18(26)30-16-8-9-28-19(16)27/h1-7,10,16H,8-9,11H2,(H,24,25). The van der Waals surface area contributed by atoms with Gasteiger partial charge in [0.2, 0.25) is 6.10 Å². The van der Waals surface area contributed by atoms with E-state index in [4.69, 9.17) is 14.2 Å². The van der Waals surface area contributed by atoms with Crippen LogP contribution in [-0.4, -0.2) is 37.2 Å². The Balaban J connectivity index is 1.50. The molecule has 0 aromatic heterocycles. The number of cyclic esters (lactones) is 1. The Kier molecular flexibility index (Phi) is 6.24. The number of nitrogens with one attached hydrogen (secondary N) is 1. The number of halogens is 3. The summed E-state index contributed by atoms with van der Waals surface area (Å²) in [5.41, 5.74) is -0.716. The van der Waals surface area contributed by atoms with Crippen molar-refractivity contribution >= 4 is 23.5 Å². The van der Waals surface area contributed by atoms with Gasteiger partial charge in [-0.3, -0.25) is 4.79 Å². The van der Waals surface area contributed by atoms with Gasteiger partial charge in [-0.2, -0.15) is 13.2 Å². The number of benzene rings is 2. The van der Waals surface area contributed by atoms with Crippen LogP contribution < -0.4 is 10.1 Å². The van der Waals surface area contributed by atoms with Gasteiger partial charge in [0.1, 0.15) is 5.75 Å². The first-order valence-electron chi connectivity index (χ1n) is 8.80. The van der Waals surface area contributed by atoms with Crippen LogP contribution in [0.5, 0.6) is 5.75 Å². The number of carbonyl (C=O) groups excluding carboxylic acids is 3. The molecule has 7 nitrogen and oxygen atoms in total. The molecule has 1 N–H and O–H groups in total. The monoisotopic (exact) mass is 423 g/mol. The zero-order chi connectivity index (χ0) is 21.7. The van der Waals surface area contributed by atoms with Crippen molar-refractivity contribution in [2.24, 2.45) is 0 Å². The molecule has 0 saturated carbocycles. The molecule has 1 fully saturated rings. The molecule has 2 aromatic carbocycles. The van der Waals surface area contributed by atoms with Gasteiger partial charge in [-0.15, -0.1) is 0 Å². The first-order chi connectivity index (χ1) is 14.2. The van der Waals surface area contributed by atoms with Crippen molar-refractivity contribution in [2.45, 2.75) is 18.7 Å². The highest BCUT2D eigenvalue weighted by Gasteiger charge is 2.31. The number of anilines is 1. The van der Waals surface area contributed by atoms with Gasteiger partial charge in [0.05, 0.1) is 17.7 Å². The lowest BCUT2D eigenvalue weighted by Gasteiger charge is -2.11. The molecule has 0 radical (unpaired) electrons. The molecule has 1 aliphatic rings. The maximum Gasteiger partial charge on any atom is 0.416 e. The minimum absolute atomic E-state index is 0.0121. The summed E-state index contributed by atoms with van der Waals surface area (Å²) in [6, 6.07) is 9.84. The maximum absolute atomic E-state index is 12.7. The molecule has 1 amide bonds. The minimum Gasteiger partial charge on any atom is -0.484 e. The number of rotatable bonds is 6. The summed E-state index contributed by atoms with van der Waals surface area (Å²) in [4.78, 5) is 35.3. The Hall–Kier alpha value is -3.56. The van der Waals surface area contributed by atoms with Crippen LogP contribution in [0.25, 0.3) is 0 Å². The third kappa shape index (κ3) is 5.49. The molecular formula is C20H16F3NO6. The van der Waals surface area contributed by atoms with Gasteiger partial charge in [-0.1, -0.05) is 6.07 Å². The number of hydrogen-bond acceptors (Lipinski definition) is 6. The molecule has 2 aromatic rings. The third-order valence-corrected chi connectivity index (χ3v) is 4.07. The quantitative estimate of drug-likeness (QED) is 0.718. The Labute approximate surface area is 168 Å².